The minimum atomic E-state index is -0.285. The van der Waals surface area contributed by atoms with Crippen molar-refractivity contribution in [3.63, 3.8) is 0 Å². The quantitative estimate of drug-likeness (QED) is 0.621. The van der Waals surface area contributed by atoms with Crippen LogP contribution in [0.25, 0.3) is 5.70 Å². The predicted octanol–water partition coefficient (Wildman–Crippen LogP) is 3.32. The molecule has 1 saturated heterocycles. The summed E-state index contributed by atoms with van der Waals surface area (Å²) in [5.74, 6) is 0.500. The first-order chi connectivity index (χ1) is 11.5. The second kappa shape index (κ2) is 7.05. The summed E-state index contributed by atoms with van der Waals surface area (Å²) in [4.78, 5) is 26.7. The number of ether oxygens (including phenoxy) is 1. The van der Waals surface area contributed by atoms with Gasteiger partial charge in [-0.25, -0.2) is 4.79 Å². The largest absolute Gasteiger partial charge is 0.459 e. The van der Waals surface area contributed by atoms with E-state index in [9.17, 15) is 9.59 Å². The summed E-state index contributed by atoms with van der Waals surface area (Å²) < 4.78 is 7.32. The standard InChI is InChI=1S/C18H24N2O3S/c1-12(2)23-18(22)16-13(3)10-20-14(11-24-17(16)20)9-15(21)19-7-5-4-6-8-19/h9-10,12H,4-8,11H2,1-3H3. The Morgan fingerprint density at radius 2 is 1.96 bits per heavy atom. The van der Waals surface area contributed by atoms with Crippen molar-refractivity contribution in [1.29, 1.82) is 0 Å². The zero-order valence-electron chi connectivity index (χ0n) is 14.5. The molecule has 0 aromatic carbocycles. The summed E-state index contributed by atoms with van der Waals surface area (Å²) in [7, 11) is 0. The molecule has 0 atom stereocenters. The molecule has 6 heteroatoms. The van der Waals surface area contributed by atoms with Gasteiger partial charge in [0, 0.05) is 36.8 Å². The average Bonchev–Trinajstić information content (AvgIpc) is 3.06. The molecule has 1 aromatic heterocycles. The van der Waals surface area contributed by atoms with Gasteiger partial charge in [-0.2, -0.15) is 0 Å². The third kappa shape index (κ3) is 3.38. The van der Waals surface area contributed by atoms with E-state index in [-0.39, 0.29) is 18.0 Å². The molecule has 5 nitrogen and oxygen atoms in total. The number of nitrogens with zero attached hydrogens (tertiary/aromatic N) is 2. The molecule has 2 aliphatic heterocycles. The maximum atomic E-state index is 12.5. The van der Waals surface area contributed by atoms with Gasteiger partial charge >= 0.3 is 5.97 Å². The number of fused-ring (bicyclic) bond motifs is 1. The first-order valence-electron chi connectivity index (χ1n) is 8.53. The van der Waals surface area contributed by atoms with Gasteiger partial charge in [0.25, 0.3) is 0 Å². The van der Waals surface area contributed by atoms with Crippen molar-refractivity contribution in [2.24, 2.45) is 0 Å². The number of thioether (sulfide) groups is 1. The number of carbonyl (C=O) groups excluding carboxylic acids is 2. The van der Waals surface area contributed by atoms with Gasteiger partial charge in [0.2, 0.25) is 5.91 Å². The third-order valence-electron chi connectivity index (χ3n) is 4.32. The second-order valence-corrected chi connectivity index (χ2v) is 7.59. The van der Waals surface area contributed by atoms with Crippen molar-refractivity contribution < 1.29 is 14.3 Å². The molecular weight excluding hydrogens is 324 g/mol. The highest BCUT2D eigenvalue weighted by Gasteiger charge is 2.28. The van der Waals surface area contributed by atoms with Crippen molar-refractivity contribution in [2.75, 3.05) is 18.8 Å². The van der Waals surface area contributed by atoms with E-state index >= 15 is 0 Å². The van der Waals surface area contributed by atoms with Crippen LogP contribution in [-0.2, 0) is 9.53 Å². The van der Waals surface area contributed by atoms with Gasteiger partial charge < -0.3 is 14.2 Å². The molecule has 0 N–H and O–H groups in total. The Balaban J connectivity index is 1.83. The lowest BCUT2D eigenvalue weighted by atomic mass is 10.1. The van der Waals surface area contributed by atoms with E-state index < -0.39 is 0 Å². The molecule has 0 bridgehead atoms. The van der Waals surface area contributed by atoms with Gasteiger partial charge in [0.15, 0.2) is 0 Å². The van der Waals surface area contributed by atoms with Gasteiger partial charge in [0.1, 0.15) is 0 Å². The third-order valence-corrected chi connectivity index (χ3v) is 5.43. The minimum Gasteiger partial charge on any atom is -0.459 e. The molecule has 3 rings (SSSR count). The number of rotatable bonds is 3. The first-order valence-corrected chi connectivity index (χ1v) is 9.51. The maximum Gasteiger partial charge on any atom is 0.341 e. The smallest absolute Gasteiger partial charge is 0.341 e. The van der Waals surface area contributed by atoms with Gasteiger partial charge in [-0.3, -0.25) is 4.79 Å². The van der Waals surface area contributed by atoms with Gasteiger partial charge in [-0.15, -0.1) is 11.8 Å². The molecule has 1 amide bonds. The van der Waals surface area contributed by atoms with Crippen molar-refractivity contribution in [3.05, 3.63) is 23.4 Å². The molecular formula is C18H24N2O3S. The zero-order chi connectivity index (χ0) is 17.3. The lowest BCUT2D eigenvalue weighted by Gasteiger charge is -2.25. The van der Waals surface area contributed by atoms with E-state index in [1.807, 2.05) is 36.4 Å². The van der Waals surface area contributed by atoms with E-state index in [0.29, 0.717) is 11.3 Å². The maximum absolute atomic E-state index is 12.5. The summed E-state index contributed by atoms with van der Waals surface area (Å²) in [5, 5.41) is 0.885. The van der Waals surface area contributed by atoms with E-state index in [1.165, 1.54) is 6.42 Å². The van der Waals surface area contributed by atoms with Crippen molar-refractivity contribution >= 4 is 29.3 Å². The molecule has 0 aliphatic carbocycles. The number of aromatic nitrogens is 1. The number of hydrogen-bond acceptors (Lipinski definition) is 4. The molecule has 0 unspecified atom stereocenters. The van der Waals surface area contributed by atoms with Gasteiger partial charge in [0.05, 0.1) is 16.7 Å². The van der Waals surface area contributed by atoms with Crippen LogP contribution in [0.2, 0.25) is 0 Å². The molecule has 2 aliphatic rings. The van der Waals surface area contributed by atoms with Gasteiger partial charge in [-0.05, 0) is 45.6 Å². The van der Waals surface area contributed by atoms with Crippen LogP contribution in [0.15, 0.2) is 17.3 Å². The number of esters is 1. The number of amides is 1. The number of carbonyl (C=O) groups is 2. The fourth-order valence-corrected chi connectivity index (χ4v) is 4.36. The van der Waals surface area contributed by atoms with E-state index in [0.717, 1.165) is 42.2 Å². The summed E-state index contributed by atoms with van der Waals surface area (Å²) in [6, 6.07) is 0. The molecule has 3 heterocycles. The normalized spacial score (nSPS) is 19.0. The Labute approximate surface area is 147 Å². The number of hydrogen-bond donors (Lipinski definition) is 0. The Hall–Kier alpha value is -1.69. The topological polar surface area (TPSA) is 51.5 Å². The van der Waals surface area contributed by atoms with Crippen LogP contribution in [-0.4, -0.2) is 46.3 Å². The lowest BCUT2D eigenvalue weighted by Crippen LogP contribution is -2.34. The van der Waals surface area contributed by atoms with Crippen LogP contribution < -0.4 is 0 Å². The van der Waals surface area contributed by atoms with Crippen LogP contribution in [0, 0.1) is 6.92 Å². The van der Waals surface area contributed by atoms with Crippen LogP contribution in [0.1, 0.15) is 49.0 Å². The Morgan fingerprint density at radius 3 is 2.62 bits per heavy atom. The number of aryl methyl sites for hydroxylation is 1. The summed E-state index contributed by atoms with van der Waals surface area (Å²) in [6.07, 6.45) is 6.90. The summed E-state index contributed by atoms with van der Waals surface area (Å²) in [5.41, 5.74) is 2.46. The van der Waals surface area contributed by atoms with E-state index in [1.54, 1.807) is 17.8 Å². The molecule has 130 valence electrons. The van der Waals surface area contributed by atoms with Gasteiger partial charge in [-0.1, -0.05) is 0 Å². The molecule has 0 radical (unpaired) electrons. The fraction of sp³-hybridized carbons (Fsp3) is 0.556. The van der Waals surface area contributed by atoms with Crippen LogP contribution in [0.4, 0.5) is 0 Å². The number of piperidine rings is 1. The average molecular weight is 348 g/mol. The molecule has 1 aromatic rings. The Kier molecular flexibility index (Phi) is 5.04. The van der Waals surface area contributed by atoms with Crippen LogP contribution >= 0.6 is 11.8 Å². The highest BCUT2D eigenvalue weighted by molar-refractivity contribution is 8.00. The monoisotopic (exact) mass is 348 g/mol. The van der Waals surface area contributed by atoms with E-state index in [4.69, 9.17) is 4.74 Å². The first kappa shape index (κ1) is 17.1. The van der Waals surface area contributed by atoms with Crippen molar-refractivity contribution in [1.82, 2.24) is 9.47 Å². The predicted molar refractivity (Wildman–Crippen MR) is 95.1 cm³/mol. The Morgan fingerprint density at radius 1 is 1.25 bits per heavy atom. The summed E-state index contributed by atoms with van der Waals surface area (Å²) >= 11 is 1.59. The lowest BCUT2D eigenvalue weighted by molar-refractivity contribution is -0.126. The summed E-state index contributed by atoms with van der Waals surface area (Å²) in [6.45, 7) is 7.30. The molecule has 1 fully saturated rings. The van der Waals surface area contributed by atoms with Crippen LogP contribution in [0.3, 0.4) is 0 Å². The Bertz CT molecular complexity index is 685. The fourth-order valence-electron chi connectivity index (χ4n) is 3.15. The highest BCUT2D eigenvalue weighted by Crippen LogP contribution is 2.38. The SMILES string of the molecule is Cc1cn2c(c1C(=O)OC(C)C)SCC2=CC(=O)N1CCCCC1. The van der Waals surface area contributed by atoms with Crippen molar-refractivity contribution in [2.45, 2.75) is 51.2 Å². The van der Waals surface area contributed by atoms with Crippen LogP contribution in [0.5, 0.6) is 0 Å². The molecule has 24 heavy (non-hydrogen) atoms. The molecule has 0 spiro atoms. The zero-order valence-corrected chi connectivity index (χ0v) is 15.3. The molecule has 0 saturated carbocycles. The highest BCUT2D eigenvalue weighted by atomic mass is 32.2. The van der Waals surface area contributed by atoms with Crippen molar-refractivity contribution in [3.8, 4) is 0 Å². The number of likely N-dealkylation sites (tertiary alicyclic amines) is 1. The second-order valence-electron chi connectivity index (χ2n) is 6.63. The minimum absolute atomic E-state index is 0.0795. The van der Waals surface area contributed by atoms with E-state index in [2.05, 4.69) is 0 Å².